The van der Waals surface area contributed by atoms with Crippen molar-refractivity contribution in [2.45, 2.75) is 124 Å². The highest BCUT2D eigenvalue weighted by molar-refractivity contribution is 5.03. The van der Waals surface area contributed by atoms with Gasteiger partial charge >= 0.3 is 0 Å². The van der Waals surface area contributed by atoms with E-state index >= 15 is 0 Å². The quantitative estimate of drug-likeness (QED) is 0.164. The Morgan fingerprint density at radius 3 is 2.37 bits per heavy atom. The van der Waals surface area contributed by atoms with Gasteiger partial charge in [-0.1, -0.05) is 72.0 Å². The highest BCUT2D eigenvalue weighted by atomic mass is 16.5. The van der Waals surface area contributed by atoms with Crippen molar-refractivity contribution in [3.63, 3.8) is 0 Å². The zero-order valence-corrected chi connectivity index (χ0v) is 20.8. The van der Waals surface area contributed by atoms with E-state index in [1.54, 1.807) is 0 Å². The van der Waals surface area contributed by atoms with E-state index in [0.29, 0.717) is 23.7 Å². The maximum Gasteiger partial charge on any atom is 0.0809 e. The van der Waals surface area contributed by atoms with Gasteiger partial charge < -0.3 is 21.4 Å². The molecule has 30 heavy (non-hydrogen) atoms. The SMILES string of the molecule is C[CH-]CCCC(C)(O)CCCC(C)CCCC(CO)OC1C(CC)C=CC(C)C1C. The number of hydrogen-bond donors (Lipinski definition) is 2. The third-order valence-corrected chi connectivity index (χ3v) is 7.30. The molecule has 0 radical (unpaired) electrons. The van der Waals surface area contributed by atoms with Crippen molar-refractivity contribution in [1.82, 2.24) is 0 Å². The van der Waals surface area contributed by atoms with Crippen LogP contribution in [0.1, 0.15) is 106 Å². The first-order valence-corrected chi connectivity index (χ1v) is 12.7. The molecule has 3 nitrogen and oxygen atoms in total. The zero-order valence-electron chi connectivity index (χ0n) is 20.8. The van der Waals surface area contributed by atoms with Gasteiger partial charge in [-0.15, -0.1) is 0 Å². The maximum atomic E-state index is 10.5. The van der Waals surface area contributed by atoms with Gasteiger partial charge in [0.25, 0.3) is 0 Å². The average Bonchev–Trinajstić information content (AvgIpc) is 2.70. The van der Waals surface area contributed by atoms with Gasteiger partial charge in [0.05, 0.1) is 24.4 Å². The minimum absolute atomic E-state index is 0.0477. The first-order chi connectivity index (χ1) is 14.2. The van der Waals surface area contributed by atoms with Gasteiger partial charge in [-0.2, -0.15) is 13.3 Å². The Morgan fingerprint density at radius 2 is 1.73 bits per heavy atom. The van der Waals surface area contributed by atoms with Gasteiger partial charge in [0.1, 0.15) is 0 Å². The largest absolute Gasteiger partial charge is 0.394 e. The Hall–Kier alpha value is -0.380. The van der Waals surface area contributed by atoms with E-state index < -0.39 is 5.60 Å². The van der Waals surface area contributed by atoms with Crippen LogP contribution in [0.15, 0.2) is 12.2 Å². The highest BCUT2D eigenvalue weighted by Gasteiger charge is 2.33. The van der Waals surface area contributed by atoms with Crippen molar-refractivity contribution < 1.29 is 14.9 Å². The summed E-state index contributed by atoms with van der Waals surface area (Å²) in [5.41, 5.74) is -0.517. The second kappa shape index (κ2) is 14.6. The molecular weight excluding hydrogens is 372 g/mol. The van der Waals surface area contributed by atoms with E-state index in [4.69, 9.17) is 4.74 Å². The molecule has 0 aromatic rings. The lowest BCUT2D eigenvalue weighted by Crippen LogP contribution is -2.39. The molecule has 0 saturated carbocycles. The third-order valence-electron chi connectivity index (χ3n) is 7.30. The maximum absolute atomic E-state index is 10.5. The number of unbranched alkanes of at least 4 members (excludes halogenated alkanes) is 2. The van der Waals surface area contributed by atoms with E-state index in [1.807, 2.05) is 6.92 Å². The van der Waals surface area contributed by atoms with Crippen LogP contribution in [0.5, 0.6) is 0 Å². The molecule has 1 aliphatic rings. The summed E-state index contributed by atoms with van der Waals surface area (Å²) in [6, 6.07) is 0. The molecule has 0 heterocycles. The van der Waals surface area contributed by atoms with E-state index in [0.717, 1.165) is 51.4 Å². The van der Waals surface area contributed by atoms with Gasteiger partial charge in [0, 0.05) is 5.92 Å². The molecule has 0 fully saturated rings. The van der Waals surface area contributed by atoms with E-state index in [-0.39, 0.29) is 18.8 Å². The number of aliphatic hydroxyl groups is 2. The second-order valence-corrected chi connectivity index (χ2v) is 10.3. The Morgan fingerprint density at radius 1 is 1.07 bits per heavy atom. The molecule has 1 aliphatic carbocycles. The molecule has 178 valence electrons. The molecule has 1 rings (SSSR count). The fraction of sp³-hybridized carbons (Fsp3) is 0.889. The first-order valence-electron chi connectivity index (χ1n) is 12.7. The molecule has 3 heteroatoms. The van der Waals surface area contributed by atoms with Gasteiger partial charge in [-0.25, -0.2) is 0 Å². The topological polar surface area (TPSA) is 49.7 Å². The van der Waals surface area contributed by atoms with Crippen LogP contribution in [0.4, 0.5) is 0 Å². The van der Waals surface area contributed by atoms with Crippen LogP contribution in [0.3, 0.4) is 0 Å². The Kier molecular flexibility index (Phi) is 13.5. The van der Waals surface area contributed by atoms with Crippen LogP contribution < -0.4 is 0 Å². The van der Waals surface area contributed by atoms with Crippen molar-refractivity contribution in [3.8, 4) is 0 Å². The first kappa shape index (κ1) is 27.7. The fourth-order valence-electron chi connectivity index (χ4n) is 4.79. The third kappa shape index (κ3) is 10.3. The molecule has 2 N–H and O–H groups in total. The van der Waals surface area contributed by atoms with Crippen LogP contribution in [0.2, 0.25) is 0 Å². The molecule has 0 saturated heterocycles. The molecule has 0 bridgehead atoms. The van der Waals surface area contributed by atoms with Crippen LogP contribution in [0, 0.1) is 30.1 Å². The Balaban J connectivity index is 2.31. The number of aliphatic hydroxyl groups excluding tert-OH is 1. The van der Waals surface area contributed by atoms with Crippen LogP contribution >= 0.6 is 0 Å². The van der Waals surface area contributed by atoms with E-state index in [2.05, 4.69) is 53.2 Å². The fourth-order valence-corrected chi connectivity index (χ4v) is 4.79. The Bertz CT molecular complexity index is 459. The van der Waals surface area contributed by atoms with E-state index in [1.165, 1.54) is 12.8 Å². The zero-order chi connectivity index (χ0) is 22.6. The summed E-state index contributed by atoms with van der Waals surface area (Å²) in [6.07, 6.45) is 17.5. The monoisotopic (exact) mass is 423 g/mol. The normalized spacial score (nSPS) is 28.3. The molecular formula is C27H51O3-. The molecule has 0 aromatic heterocycles. The number of ether oxygens (including phenoxy) is 1. The lowest BCUT2D eigenvalue weighted by atomic mass is 9.77. The van der Waals surface area contributed by atoms with E-state index in [9.17, 15) is 10.2 Å². The van der Waals surface area contributed by atoms with Gasteiger partial charge in [-0.3, -0.25) is 0 Å². The number of rotatable bonds is 16. The van der Waals surface area contributed by atoms with Gasteiger partial charge in [0.2, 0.25) is 0 Å². The van der Waals surface area contributed by atoms with Gasteiger partial charge in [-0.05, 0) is 50.4 Å². The number of hydrogen-bond acceptors (Lipinski definition) is 3. The molecule has 0 aromatic carbocycles. The summed E-state index contributed by atoms with van der Waals surface area (Å²) in [5.74, 6) is 2.15. The summed E-state index contributed by atoms with van der Waals surface area (Å²) < 4.78 is 6.44. The van der Waals surface area contributed by atoms with Gasteiger partial charge in [0.15, 0.2) is 0 Å². The smallest absolute Gasteiger partial charge is 0.0809 e. The number of allylic oxidation sites excluding steroid dienone is 1. The van der Waals surface area contributed by atoms with Crippen molar-refractivity contribution in [3.05, 3.63) is 18.6 Å². The summed E-state index contributed by atoms with van der Waals surface area (Å²) in [4.78, 5) is 0. The van der Waals surface area contributed by atoms with Crippen molar-refractivity contribution in [2.75, 3.05) is 6.61 Å². The Labute approximate surface area is 187 Å². The summed E-state index contributed by atoms with van der Waals surface area (Å²) >= 11 is 0. The summed E-state index contributed by atoms with van der Waals surface area (Å²) in [6.45, 7) is 13.3. The highest BCUT2D eigenvalue weighted by Crippen LogP contribution is 2.34. The average molecular weight is 424 g/mol. The minimum Gasteiger partial charge on any atom is -0.394 e. The van der Waals surface area contributed by atoms with Crippen LogP contribution in [-0.4, -0.2) is 34.6 Å². The van der Waals surface area contributed by atoms with Crippen molar-refractivity contribution in [1.29, 1.82) is 0 Å². The summed E-state index contributed by atoms with van der Waals surface area (Å²) in [7, 11) is 0. The van der Waals surface area contributed by atoms with Crippen molar-refractivity contribution in [2.24, 2.45) is 23.7 Å². The lowest BCUT2D eigenvalue weighted by molar-refractivity contribution is -0.0926. The molecule has 7 atom stereocenters. The lowest BCUT2D eigenvalue weighted by Gasteiger charge is -2.38. The standard InChI is InChI=1S/C27H51O3/c1-7-9-10-18-27(6,29)19-12-14-21(3)13-11-15-25(20-28)30-26-23(5)22(4)16-17-24(26)8-2/h7,16-17,21-26,28-29H,8-15,18-20H2,1-6H3/q-1. The van der Waals surface area contributed by atoms with Crippen molar-refractivity contribution >= 4 is 0 Å². The minimum atomic E-state index is -0.517. The molecule has 0 spiro atoms. The van der Waals surface area contributed by atoms with Crippen LogP contribution in [0.25, 0.3) is 0 Å². The molecule has 0 aliphatic heterocycles. The second-order valence-electron chi connectivity index (χ2n) is 10.3. The predicted octanol–water partition coefficient (Wildman–Crippen LogP) is 6.72. The predicted molar refractivity (Wildman–Crippen MR) is 128 cm³/mol. The van der Waals surface area contributed by atoms with Crippen LogP contribution in [-0.2, 0) is 4.74 Å². The summed E-state index contributed by atoms with van der Waals surface area (Å²) in [5, 5.41) is 20.4. The molecule has 0 amide bonds. The molecule has 7 unspecified atom stereocenters.